The Morgan fingerprint density at radius 2 is 1.64 bits per heavy atom. The lowest BCUT2D eigenvalue weighted by atomic mass is 10.1. The molecule has 172 valence electrons. The fraction of sp³-hybridized carbons (Fsp3) is 0.136. The van der Waals surface area contributed by atoms with E-state index in [2.05, 4.69) is 4.72 Å². The van der Waals surface area contributed by atoms with Gasteiger partial charge in [0.1, 0.15) is 11.2 Å². The molecule has 11 heteroatoms. The molecule has 0 aromatic heterocycles. The van der Waals surface area contributed by atoms with E-state index in [0.717, 1.165) is 18.2 Å². The number of hydrogen-bond donors (Lipinski definition) is 1. The topological polar surface area (TPSA) is 66.5 Å². The van der Waals surface area contributed by atoms with Gasteiger partial charge in [-0.1, -0.05) is 18.2 Å². The summed E-state index contributed by atoms with van der Waals surface area (Å²) in [7, 11) is -4.25. The van der Waals surface area contributed by atoms with E-state index < -0.39 is 37.8 Å². The van der Waals surface area contributed by atoms with E-state index in [0.29, 0.717) is 17.3 Å². The molecular formula is C22H16F4N2O3S2. The van der Waals surface area contributed by atoms with Crippen molar-refractivity contribution in [3.05, 3.63) is 89.7 Å². The molecule has 3 aromatic rings. The quantitative estimate of drug-likeness (QED) is 0.479. The van der Waals surface area contributed by atoms with Gasteiger partial charge in [-0.3, -0.25) is 14.4 Å². The zero-order chi connectivity index (χ0) is 23.8. The van der Waals surface area contributed by atoms with Gasteiger partial charge in [-0.2, -0.15) is 13.2 Å². The van der Waals surface area contributed by atoms with Gasteiger partial charge in [0.05, 0.1) is 16.2 Å². The zero-order valence-electron chi connectivity index (χ0n) is 16.7. The normalized spacial score (nSPS) is 16.8. The van der Waals surface area contributed by atoms with E-state index in [4.69, 9.17) is 0 Å². The lowest BCUT2D eigenvalue weighted by Crippen LogP contribution is -2.27. The maximum absolute atomic E-state index is 13.3. The van der Waals surface area contributed by atoms with Crippen molar-refractivity contribution in [2.75, 3.05) is 15.4 Å². The molecule has 1 heterocycles. The van der Waals surface area contributed by atoms with Crippen LogP contribution in [0.1, 0.15) is 16.5 Å². The number of nitrogens with zero attached hydrogens (tertiary/aromatic N) is 1. The molecule has 4 rings (SSSR count). The number of carbonyl (C=O) groups is 1. The van der Waals surface area contributed by atoms with Crippen molar-refractivity contribution >= 4 is 39.1 Å². The molecule has 3 aromatic carbocycles. The minimum atomic E-state index is -4.67. The Morgan fingerprint density at radius 3 is 2.27 bits per heavy atom. The van der Waals surface area contributed by atoms with Crippen molar-refractivity contribution in [1.82, 2.24) is 0 Å². The summed E-state index contributed by atoms with van der Waals surface area (Å²) < 4.78 is 79.4. The van der Waals surface area contributed by atoms with Crippen LogP contribution in [0.5, 0.6) is 0 Å². The van der Waals surface area contributed by atoms with Gasteiger partial charge in [-0.15, -0.1) is 11.8 Å². The van der Waals surface area contributed by atoms with Crippen molar-refractivity contribution in [1.29, 1.82) is 0 Å². The largest absolute Gasteiger partial charge is 0.416 e. The van der Waals surface area contributed by atoms with Gasteiger partial charge in [0, 0.05) is 11.4 Å². The summed E-state index contributed by atoms with van der Waals surface area (Å²) in [5.74, 6) is -0.343. The molecule has 0 saturated carbocycles. The van der Waals surface area contributed by atoms with E-state index in [1.807, 2.05) is 0 Å². The Labute approximate surface area is 191 Å². The molecule has 1 unspecified atom stereocenters. The number of halogens is 4. The predicted molar refractivity (Wildman–Crippen MR) is 118 cm³/mol. The number of sulfonamides is 1. The van der Waals surface area contributed by atoms with Crippen molar-refractivity contribution in [3.63, 3.8) is 0 Å². The summed E-state index contributed by atoms with van der Waals surface area (Å²) >= 11 is 1.37. The number of amides is 1. The Bertz CT molecular complexity index is 1280. The maximum Gasteiger partial charge on any atom is 0.416 e. The predicted octanol–water partition coefficient (Wildman–Crippen LogP) is 5.42. The minimum Gasteiger partial charge on any atom is -0.295 e. The highest BCUT2D eigenvalue weighted by Gasteiger charge is 2.34. The SMILES string of the molecule is O=C1CSC(c2ccc(NS(=O)(=O)c3cccc(C(F)(F)F)c3)cc2)N1c1ccc(F)cc1. The summed E-state index contributed by atoms with van der Waals surface area (Å²) in [5, 5.41) is -0.392. The number of carbonyl (C=O) groups excluding carboxylic acids is 1. The molecule has 1 fully saturated rings. The highest BCUT2D eigenvalue weighted by molar-refractivity contribution is 8.00. The average molecular weight is 497 g/mol. The second-order valence-electron chi connectivity index (χ2n) is 7.16. The molecular weight excluding hydrogens is 480 g/mol. The first-order chi connectivity index (χ1) is 15.5. The van der Waals surface area contributed by atoms with Gasteiger partial charge in [0.15, 0.2) is 0 Å². The van der Waals surface area contributed by atoms with Crippen LogP contribution in [-0.4, -0.2) is 20.1 Å². The van der Waals surface area contributed by atoms with E-state index >= 15 is 0 Å². The third-order valence-electron chi connectivity index (χ3n) is 4.89. The number of rotatable bonds is 5. The van der Waals surface area contributed by atoms with E-state index in [1.165, 1.54) is 53.1 Å². The second kappa shape index (κ2) is 8.71. The first-order valence-corrected chi connectivity index (χ1v) is 12.1. The van der Waals surface area contributed by atoms with Crippen molar-refractivity contribution in [2.45, 2.75) is 16.4 Å². The van der Waals surface area contributed by atoms with Gasteiger partial charge in [0.2, 0.25) is 5.91 Å². The lowest BCUT2D eigenvalue weighted by Gasteiger charge is -2.24. The zero-order valence-corrected chi connectivity index (χ0v) is 18.3. The van der Waals surface area contributed by atoms with Crippen LogP contribution in [0.3, 0.4) is 0 Å². The maximum atomic E-state index is 13.3. The number of benzene rings is 3. The average Bonchev–Trinajstić information content (AvgIpc) is 3.15. The van der Waals surface area contributed by atoms with Crippen LogP contribution >= 0.6 is 11.8 Å². The molecule has 1 aliphatic rings. The molecule has 1 amide bonds. The van der Waals surface area contributed by atoms with Gasteiger partial charge < -0.3 is 0 Å². The highest BCUT2D eigenvalue weighted by atomic mass is 32.2. The lowest BCUT2D eigenvalue weighted by molar-refractivity contribution is -0.137. The molecule has 0 spiro atoms. The highest BCUT2D eigenvalue weighted by Crippen LogP contribution is 2.42. The molecule has 1 saturated heterocycles. The fourth-order valence-corrected chi connectivity index (χ4v) is 5.60. The monoisotopic (exact) mass is 496 g/mol. The summed E-state index contributed by atoms with van der Waals surface area (Å²) in [6, 6.07) is 15.2. The van der Waals surface area contributed by atoms with Gasteiger partial charge in [-0.25, -0.2) is 12.8 Å². The first kappa shape index (κ1) is 23.1. The summed E-state index contributed by atoms with van der Waals surface area (Å²) in [6.07, 6.45) is -4.67. The van der Waals surface area contributed by atoms with Crippen molar-refractivity contribution in [3.8, 4) is 0 Å². The van der Waals surface area contributed by atoms with Crippen LogP contribution in [0.25, 0.3) is 0 Å². The van der Waals surface area contributed by atoms with E-state index in [1.54, 1.807) is 12.1 Å². The number of thioether (sulfide) groups is 1. The third-order valence-corrected chi connectivity index (χ3v) is 7.48. The van der Waals surface area contributed by atoms with Crippen molar-refractivity contribution < 1.29 is 30.8 Å². The second-order valence-corrected chi connectivity index (χ2v) is 9.91. The Kier molecular flexibility index (Phi) is 6.10. The Morgan fingerprint density at radius 1 is 0.970 bits per heavy atom. The standard InChI is InChI=1S/C22H16F4N2O3S2/c23-16-6-10-18(11-7-16)28-20(29)13-32-21(28)14-4-8-17(9-5-14)27-33(30,31)19-3-1-2-15(12-19)22(24,25)26/h1-12,21,27H,13H2. The molecule has 33 heavy (non-hydrogen) atoms. The Hall–Kier alpha value is -3.05. The number of anilines is 2. The van der Waals surface area contributed by atoms with Crippen molar-refractivity contribution in [2.24, 2.45) is 0 Å². The summed E-state index contributed by atoms with van der Waals surface area (Å²) in [5.41, 5.74) is 0.325. The first-order valence-electron chi connectivity index (χ1n) is 9.54. The van der Waals surface area contributed by atoms with E-state index in [9.17, 15) is 30.8 Å². The van der Waals surface area contributed by atoms with Gasteiger partial charge in [-0.05, 0) is 60.2 Å². The molecule has 0 bridgehead atoms. The molecule has 0 aliphatic carbocycles. The Balaban J connectivity index is 1.55. The molecule has 1 aliphatic heterocycles. The summed E-state index contributed by atoms with van der Waals surface area (Å²) in [6.45, 7) is 0. The molecule has 5 nitrogen and oxygen atoms in total. The van der Waals surface area contributed by atoms with Crippen LogP contribution in [0.4, 0.5) is 28.9 Å². The smallest absolute Gasteiger partial charge is 0.295 e. The van der Waals surface area contributed by atoms with Gasteiger partial charge in [0.25, 0.3) is 10.0 Å². The van der Waals surface area contributed by atoms with Crippen LogP contribution in [0.2, 0.25) is 0 Å². The number of hydrogen-bond acceptors (Lipinski definition) is 4. The molecule has 1 N–H and O–H groups in total. The van der Waals surface area contributed by atoms with Crippen LogP contribution in [-0.2, 0) is 21.0 Å². The van der Waals surface area contributed by atoms with Crippen LogP contribution in [0.15, 0.2) is 77.7 Å². The molecule has 1 atom stereocenters. The third kappa shape index (κ3) is 4.98. The van der Waals surface area contributed by atoms with Crippen LogP contribution < -0.4 is 9.62 Å². The summed E-state index contributed by atoms with van der Waals surface area (Å²) in [4.78, 5) is 13.4. The van der Waals surface area contributed by atoms with Crippen LogP contribution in [0, 0.1) is 5.82 Å². The number of nitrogens with one attached hydrogen (secondary N) is 1. The van der Waals surface area contributed by atoms with Gasteiger partial charge >= 0.3 is 6.18 Å². The fourth-order valence-electron chi connectivity index (χ4n) is 3.32. The van der Waals surface area contributed by atoms with E-state index in [-0.39, 0.29) is 17.3 Å². The molecule has 0 radical (unpaired) electrons. The minimum absolute atomic E-state index is 0.147. The number of alkyl halides is 3.